The zero-order valence-corrected chi connectivity index (χ0v) is 13.3. The SMILES string of the molecule is CC(O)CNc1ccc(-c2ccc(-c3nnn(C)n3)nc2)c(F)c1. The van der Waals surface area contributed by atoms with E-state index in [0.29, 0.717) is 34.9 Å². The van der Waals surface area contributed by atoms with Crippen LogP contribution in [0.1, 0.15) is 6.92 Å². The lowest BCUT2D eigenvalue weighted by Gasteiger charge is -2.10. The third-order valence-corrected chi connectivity index (χ3v) is 3.38. The second-order valence-corrected chi connectivity index (χ2v) is 5.46. The van der Waals surface area contributed by atoms with E-state index in [0.717, 1.165) is 0 Å². The van der Waals surface area contributed by atoms with Gasteiger partial charge in [-0.2, -0.15) is 4.80 Å². The third kappa shape index (κ3) is 3.54. The maximum atomic E-state index is 14.3. The Labute approximate surface area is 138 Å². The Hall–Kier alpha value is -2.87. The van der Waals surface area contributed by atoms with E-state index in [4.69, 9.17) is 0 Å². The number of nitrogens with one attached hydrogen (secondary N) is 1. The van der Waals surface area contributed by atoms with E-state index in [1.54, 1.807) is 44.4 Å². The summed E-state index contributed by atoms with van der Waals surface area (Å²) in [6.07, 6.45) is 1.08. The van der Waals surface area contributed by atoms with Crippen LogP contribution in [-0.2, 0) is 7.05 Å². The van der Waals surface area contributed by atoms with Gasteiger partial charge in [-0.3, -0.25) is 4.98 Å². The number of hydrogen-bond donors (Lipinski definition) is 2. The number of rotatable bonds is 5. The number of aromatic nitrogens is 5. The average molecular weight is 328 g/mol. The van der Waals surface area contributed by atoms with Gasteiger partial charge in [0.25, 0.3) is 0 Å². The number of halogens is 1. The highest BCUT2D eigenvalue weighted by Gasteiger charge is 2.10. The van der Waals surface area contributed by atoms with Crippen LogP contribution in [0.2, 0.25) is 0 Å². The second kappa shape index (κ2) is 6.71. The van der Waals surface area contributed by atoms with Gasteiger partial charge in [0.2, 0.25) is 5.82 Å². The monoisotopic (exact) mass is 328 g/mol. The Morgan fingerprint density at radius 1 is 1.29 bits per heavy atom. The molecule has 3 rings (SSSR count). The number of tetrazole rings is 1. The van der Waals surface area contributed by atoms with Crippen LogP contribution in [-0.4, -0.2) is 42.9 Å². The number of hydrogen-bond acceptors (Lipinski definition) is 6. The maximum Gasteiger partial charge on any atom is 0.223 e. The fraction of sp³-hybridized carbons (Fsp3) is 0.250. The highest BCUT2D eigenvalue weighted by Crippen LogP contribution is 2.26. The summed E-state index contributed by atoms with van der Waals surface area (Å²) in [6.45, 7) is 2.02. The van der Waals surface area contributed by atoms with Crippen LogP contribution in [0.15, 0.2) is 36.5 Å². The lowest BCUT2D eigenvalue weighted by molar-refractivity contribution is 0.208. The van der Waals surface area contributed by atoms with Gasteiger partial charge in [0.1, 0.15) is 11.5 Å². The van der Waals surface area contributed by atoms with Crippen molar-refractivity contribution in [2.24, 2.45) is 7.05 Å². The van der Waals surface area contributed by atoms with E-state index in [9.17, 15) is 9.50 Å². The average Bonchev–Trinajstić information content (AvgIpc) is 3.00. The first-order valence-corrected chi connectivity index (χ1v) is 7.45. The highest BCUT2D eigenvalue weighted by molar-refractivity contribution is 5.67. The minimum atomic E-state index is -0.501. The Morgan fingerprint density at radius 2 is 2.12 bits per heavy atom. The number of benzene rings is 1. The van der Waals surface area contributed by atoms with E-state index in [-0.39, 0.29) is 5.82 Å². The van der Waals surface area contributed by atoms with Crippen molar-refractivity contribution in [1.29, 1.82) is 0 Å². The van der Waals surface area contributed by atoms with Gasteiger partial charge in [-0.1, -0.05) is 6.07 Å². The molecule has 124 valence electrons. The molecule has 7 nitrogen and oxygen atoms in total. The van der Waals surface area contributed by atoms with Gasteiger partial charge in [-0.25, -0.2) is 4.39 Å². The first-order chi connectivity index (χ1) is 11.5. The number of aliphatic hydroxyl groups is 1. The van der Waals surface area contributed by atoms with E-state index in [2.05, 4.69) is 25.7 Å². The topological polar surface area (TPSA) is 88.8 Å². The smallest absolute Gasteiger partial charge is 0.223 e. The highest BCUT2D eigenvalue weighted by atomic mass is 19.1. The van der Waals surface area contributed by atoms with Gasteiger partial charge in [0.05, 0.1) is 13.2 Å². The lowest BCUT2D eigenvalue weighted by atomic mass is 10.1. The van der Waals surface area contributed by atoms with Gasteiger partial charge in [0.15, 0.2) is 0 Å². The molecule has 0 saturated heterocycles. The standard InChI is InChI=1S/C16H17FN6O/c1-10(24)8-18-12-4-5-13(14(17)7-12)11-3-6-15(19-9-11)16-20-22-23(2)21-16/h3-7,9-10,18,24H,8H2,1-2H3. The number of nitrogens with zero attached hydrogens (tertiary/aromatic N) is 5. The quantitative estimate of drug-likeness (QED) is 0.743. The second-order valence-electron chi connectivity index (χ2n) is 5.46. The van der Waals surface area contributed by atoms with Crippen LogP contribution in [0.5, 0.6) is 0 Å². The van der Waals surface area contributed by atoms with Crippen LogP contribution in [0.3, 0.4) is 0 Å². The molecule has 0 amide bonds. The molecule has 3 aromatic rings. The van der Waals surface area contributed by atoms with Crippen LogP contribution in [0, 0.1) is 5.82 Å². The molecule has 1 atom stereocenters. The fourth-order valence-corrected chi connectivity index (χ4v) is 2.20. The molecule has 0 aliphatic carbocycles. The largest absolute Gasteiger partial charge is 0.392 e. The third-order valence-electron chi connectivity index (χ3n) is 3.38. The van der Waals surface area contributed by atoms with Crippen molar-refractivity contribution in [3.05, 3.63) is 42.3 Å². The predicted octanol–water partition coefficient (Wildman–Crippen LogP) is 1.87. The van der Waals surface area contributed by atoms with Crippen molar-refractivity contribution < 1.29 is 9.50 Å². The van der Waals surface area contributed by atoms with Crippen LogP contribution in [0.25, 0.3) is 22.6 Å². The van der Waals surface area contributed by atoms with Crippen molar-refractivity contribution in [3.8, 4) is 22.6 Å². The minimum absolute atomic E-state index is 0.361. The fourth-order valence-electron chi connectivity index (χ4n) is 2.20. The van der Waals surface area contributed by atoms with Crippen LogP contribution in [0.4, 0.5) is 10.1 Å². The van der Waals surface area contributed by atoms with E-state index >= 15 is 0 Å². The van der Waals surface area contributed by atoms with E-state index < -0.39 is 6.10 Å². The molecule has 2 heterocycles. The number of pyridine rings is 1. The number of aryl methyl sites for hydroxylation is 1. The summed E-state index contributed by atoms with van der Waals surface area (Å²) >= 11 is 0. The molecule has 1 unspecified atom stereocenters. The first kappa shape index (κ1) is 16.0. The zero-order valence-electron chi connectivity index (χ0n) is 13.3. The maximum absolute atomic E-state index is 14.3. The molecule has 0 aliphatic rings. The van der Waals surface area contributed by atoms with Crippen LogP contribution < -0.4 is 5.32 Å². The molecule has 8 heteroatoms. The van der Waals surface area contributed by atoms with Gasteiger partial charge in [0, 0.05) is 29.6 Å². The summed E-state index contributed by atoms with van der Waals surface area (Å²) in [5.74, 6) is 0.0555. The first-order valence-electron chi connectivity index (χ1n) is 7.45. The summed E-state index contributed by atoms with van der Waals surface area (Å²) in [7, 11) is 1.67. The van der Waals surface area contributed by atoms with Gasteiger partial charge < -0.3 is 10.4 Å². The predicted molar refractivity (Wildman–Crippen MR) is 87.6 cm³/mol. The van der Waals surface area contributed by atoms with Crippen LogP contribution >= 0.6 is 0 Å². The molecular weight excluding hydrogens is 311 g/mol. The number of anilines is 1. The summed E-state index contributed by atoms with van der Waals surface area (Å²) in [5, 5.41) is 23.9. The van der Waals surface area contributed by atoms with E-state index in [1.807, 2.05) is 0 Å². The summed E-state index contributed by atoms with van der Waals surface area (Å²) in [4.78, 5) is 5.62. The summed E-state index contributed by atoms with van der Waals surface area (Å²) in [6, 6.07) is 8.33. The molecule has 0 spiro atoms. The van der Waals surface area contributed by atoms with Crippen molar-refractivity contribution in [2.45, 2.75) is 13.0 Å². The van der Waals surface area contributed by atoms with Crippen molar-refractivity contribution in [1.82, 2.24) is 25.2 Å². The van der Waals surface area contributed by atoms with Gasteiger partial charge in [-0.05, 0) is 36.4 Å². The Bertz CT molecular complexity index is 831. The Morgan fingerprint density at radius 3 is 2.71 bits per heavy atom. The molecule has 0 saturated carbocycles. The molecule has 1 aromatic carbocycles. The van der Waals surface area contributed by atoms with Crippen molar-refractivity contribution in [3.63, 3.8) is 0 Å². The van der Waals surface area contributed by atoms with Gasteiger partial charge in [-0.15, -0.1) is 10.2 Å². The minimum Gasteiger partial charge on any atom is -0.392 e. The van der Waals surface area contributed by atoms with Gasteiger partial charge >= 0.3 is 0 Å². The molecule has 2 aromatic heterocycles. The van der Waals surface area contributed by atoms with Crippen molar-refractivity contribution in [2.75, 3.05) is 11.9 Å². The summed E-state index contributed by atoms with van der Waals surface area (Å²) < 4.78 is 14.3. The number of aliphatic hydroxyl groups excluding tert-OH is 1. The lowest BCUT2D eigenvalue weighted by Crippen LogP contribution is -2.15. The molecule has 0 bridgehead atoms. The summed E-state index contributed by atoms with van der Waals surface area (Å²) in [5.41, 5.74) is 2.29. The molecule has 0 aliphatic heterocycles. The molecule has 2 N–H and O–H groups in total. The normalized spacial score (nSPS) is 12.2. The van der Waals surface area contributed by atoms with Crippen molar-refractivity contribution >= 4 is 5.69 Å². The molecule has 24 heavy (non-hydrogen) atoms. The Balaban J connectivity index is 1.81. The van der Waals surface area contributed by atoms with E-state index in [1.165, 1.54) is 10.9 Å². The Kier molecular flexibility index (Phi) is 4.48. The zero-order chi connectivity index (χ0) is 17.1. The molecular formula is C16H17FN6O. The molecule has 0 fully saturated rings. The molecule has 0 radical (unpaired) electrons.